The van der Waals surface area contributed by atoms with E-state index in [0.717, 1.165) is 37.3 Å². The number of fused-ring (bicyclic) bond motifs is 1. The molecule has 0 bridgehead atoms. The van der Waals surface area contributed by atoms with Crippen molar-refractivity contribution in [1.82, 2.24) is 26.1 Å². The zero-order valence-electron chi connectivity index (χ0n) is 16.7. The molecule has 0 spiro atoms. The van der Waals surface area contributed by atoms with Crippen LogP contribution in [0.4, 0.5) is 5.82 Å². The van der Waals surface area contributed by atoms with Crippen LogP contribution in [-0.4, -0.2) is 34.6 Å². The van der Waals surface area contributed by atoms with E-state index in [-0.39, 0.29) is 6.04 Å². The van der Waals surface area contributed by atoms with Crippen LogP contribution in [0.2, 0.25) is 0 Å². The Labute approximate surface area is 172 Å². The first-order valence-electron chi connectivity index (χ1n) is 10.9. The lowest BCUT2D eigenvalue weighted by molar-refractivity contribution is 0.265. The molecule has 2 aliphatic heterocycles. The molecule has 154 valence electrons. The molecule has 2 saturated heterocycles. The van der Waals surface area contributed by atoms with Crippen LogP contribution < -0.4 is 27.2 Å². The quantitative estimate of drug-likeness (QED) is 0.542. The molecule has 3 fully saturated rings. The highest BCUT2D eigenvalue weighted by molar-refractivity contribution is 5.38. The molecule has 3 aliphatic rings. The summed E-state index contributed by atoms with van der Waals surface area (Å²) in [6.07, 6.45) is 9.39. The minimum Gasteiger partial charge on any atom is -0.367 e. The number of rotatable bonds is 4. The zero-order valence-corrected chi connectivity index (χ0v) is 16.7. The highest BCUT2D eigenvalue weighted by Crippen LogP contribution is 2.38. The third-order valence-electron chi connectivity index (χ3n) is 6.70. The summed E-state index contributed by atoms with van der Waals surface area (Å²) in [7, 11) is 0. The summed E-state index contributed by atoms with van der Waals surface area (Å²) in [6.45, 7) is 0.936. The SMILES string of the molecule is N[C@@H]1CCC[C@H](Nc2cccc(C3NNC4CNC(c5cccnc5)CC43)n2)C1. The fraction of sp³-hybridized carbons (Fsp3) is 0.545. The molecule has 1 aliphatic carbocycles. The number of nitrogens with two attached hydrogens (primary N) is 1. The van der Waals surface area contributed by atoms with Gasteiger partial charge in [-0.25, -0.2) is 10.4 Å². The molecule has 1 saturated carbocycles. The Morgan fingerprint density at radius 2 is 2.03 bits per heavy atom. The van der Waals surface area contributed by atoms with Crippen molar-refractivity contribution in [1.29, 1.82) is 0 Å². The van der Waals surface area contributed by atoms with Crippen molar-refractivity contribution < 1.29 is 0 Å². The van der Waals surface area contributed by atoms with Gasteiger partial charge in [0, 0.05) is 49.0 Å². The average molecular weight is 394 g/mol. The third kappa shape index (κ3) is 4.14. The van der Waals surface area contributed by atoms with Crippen molar-refractivity contribution in [3.63, 3.8) is 0 Å². The van der Waals surface area contributed by atoms with Crippen LogP contribution in [-0.2, 0) is 0 Å². The fourth-order valence-corrected chi connectivity index (χ4v) is 5.17. The van der Waals surface area contributed by atoms with Gasteiger partial charge in [-0.15, -0.1) is 0 Å². The first kappa shape index (κ1) is 18.9. The normalized spacial score (nSPS) is 34.5. The summed E-state index contributed by atoms with van der Waals surface area (Å²) < 4.78 is 0. The van der Waals surface area contributed by atoms with E-state index in [1.54, 1.807) is 0 Å². The molecule has 0 amide bonds. The van der Waals surface area contributed by atoms with E-state index in [4.69, 9.17) is 10.7 Å². The topological polar surface area (TPSA) is 99.9 Å². The van der Waals surface area contributed by atoms with E-state index in [0.29, 0.717) is 30.1 Å². The monoisotopic (exact) mass is 393 g/mol. The minimum atomic E-state index is 0.205. The summed E-state index contributed by atoms with van der Waals surface area (Å²) in [5, 5.41) is 7.28. The Balaban J connectivity index is 1.30. The van der Waals surface area contributed by atoms with Crippen molar-refractivity contribution in [2.75, 3.05) is 11.9 Å². The number of anilines is 1. The first-order valence-corrected chi connectivity index (χ1v) is 10.9. The molecular weight excluding hydrogens is 362 g/mol. The van der Waals surface area contributed by atoms with Gasteiger partial charge in [0.1, 0.15) is 5.82 Å². The van der Waals surface area contributed by atoms with Gasteiger partial charge in [0.2, 0.25) is 0 Å². The van der Waals surface area contributed by atoms with E-state index < -0.39 is 0 Å². The summed E-state index contributed by atoms with van der Waals surface area (Å²) in [6, 6.07) is 12.2. The molecule has 5 rings (SSSR count). The number of hydrogen-bond acceptors (Lipinski definition) is 7. The molecule has 4 unspecified atom stereocenters. The van der Waals surface area contributed by atoms with Crippen LogP contribution in [0.1, 0.15) is 55.4 Å². The molecule has 29 heavy (non-hydrogen) atoms. The minimum absolute atomic E-state index is 0.205. The average Bonchev–Trinajstić information content (AvgIpc) is 3.18. The first-order chi connectivity index (χ1) is 14.3. The highest BCUT2D eigenvalue weighted by Gasteiger charge is 2.42. The van der Waals surface area contributed by atoms with Gasteiger partial charge in [-0.3, -0.25) is 10.4 Å². The molecule has 7 nitrogen and oxygen atoms in total. The summed E-state index contributed by atoms with van der Waals surface area (Å²) >= 11 is 0. The lowest BCUT2D eigenvalue weighted by Gasteiger charge is -2.34. The maximum atomic E-state index is 6.15. The van der Waals surface area contributed by atoms with Gasteiger partial charge < -0.3 is 16.4 Å². The second-order valence-corrected chi connectivity index (χ2v) is 8.74. The molecule has 6 N–H and O–H groups in total. The largest absolute Gasteiger partial charge is 0.367 e. The van der Waals surface area contributed by atoms with Crippen LogP contribution >= 0.6 is 0 Å². The summed E-state index contributed by atoms with van der Waals surface area (Å²) in [4.78, 5) is 9.27. The molecule has 0 radical (unpaired) electrons. The molecule has 7 heteroatoms. The van der Waals surface area contributed by atoms with Crippen molar-refractivity contribution in [2.45, 2.75) is 62.3 Å². The maximum absolute atomic E-state index is 6.15. The highest BCUT2D eigenvalue weighted by atomic mass is 15.4. The Kier molecular flexibility index (Phi) is 5.46. The van der Waals surface area contributed by atoms with Crippen LogP contribution in [0, 0.1) is 5.92 Å². The number of hydrogen-bond donors (Lipinski definition) is 5. The van der Waals surface area contributed by atoms with E-state index in [2.05, 4.69) is 50.7 Å². The van der Waals surface area contributed by atoms with Crippen LogP contribution in [0.5, 0.6) is 0 Å². The van der Waals surface area contributed by atoms with E-state index in [1.807, 2.05) is 18.5 Å². The molecular formula is C22H31N7. The molecule has 2 aromatic rings. The van der Waals surface area contributed by atoms with E-state index in [9.17, 15) is 0 Å². The van der Waals surface area contributed by atoms with Crippen molar-refractivity contribution in [3.8, 4) is 0 Å². The predicted octanol–water partition coefficient (Wildman–Crippen LogP) is 2.03. The van der Waals surface area contributed by atoms with Crippen molar-refractivity contribution in [3.05, 3.63) is 54.0 Å². The van der Waals surface area contributed by atoms with Gasteiger partial charge in [-0.05, 0) is 55.9 Å². The Morgan fingerprint density at radius 1 is 1.07 bits per heavy atom. The van der Waals surface area contributed by atoms with Gasteiger partial charge in [0.15, 0.2) is 0 Å². The standard InChI is InChI=1S/C22H31N7/c23-15-5-1-6-16(10-15)26-21-8-2-7-18(27-21)22-17-11-19(14-4-3-9-24-12-14)25-13-20(17)28-29-22/h2-4,7-9,12,15-17,19-20,22,25,28-29H,1,5-6,10-11,13,23H2,(H,26,27)/t15-,16+,17?,19?,20?,22?/m1/s1. The van der Waals surface area contributed by atoms with E-state index in [1.165, 1.54) is 18.4 Å². The van der Waals surface area contributed by atoms with Gasteiger partial charge in [-0.1, -0.05) is 12.1 Å². The number of pyridine rings is 2. The molecule has 4 heterocycles. The molecule has 6 atom stereocenters. The van der Waals surface area contributed by atoms with Crippen LogP contribution in [0.15, 0.2) is 42.7 Å². The van der Waals surface area contributed by atoms with Crippen molar-refractivity contribution >= 4 is 5.82 Å². The third-order valence-corrected chi connectivity index (χ3v) is 6.70. The number of nitrogens with one attached hydrogen (secondary N) is 4. The second kappa shape index (κ2) is 8.36. The smallest absolute Gasteiger partial charge is 0.126 e. The Bertz CT molecular complexity index is 814. The number of hydrazine groups is 1. The van der Waals surface area contributed by atoms with Gasteiger partial charge in [0.05, 0.1) is 11.7 Å². The molecule has 0 aromatic carbocycles. The number of piperidine rings is 1. The van der Waals surface area contributed by atoms with Gasteiger partial charge >= 0.3 is 0 Å². The van der Waals surface area contributed by atoms with E-state index >= 15 is 0 Å². The van der Waals surface area contributed by atoms with Crippen LogP contribution in [0.3, 0.4) is 0 Å². The Morgan fingerprint density at radius 3 is 2.90 bits per heavy atom. The second-order valence-electron chi connectivity index (χ2n) is 8.74. The van der Waals surface area contributed by atoms with Crippen LogP contribution in [0.25, 0.3) is 0 Å². The lowest BCUT2D eigenvalue weighted by atomic mass is 9.81. The van der Waals surface area contributed by atoms with Crippen molar-refractivity contribution in [2.24, 2.45) is 11.7 Å². The summed E-state index contributed by atoms with van der Waals surface area (Å²) in [5.74, 6) is 1.44. The maximum Gasteiger partial charge on any atom is 0.126 e. The fourth-order valence-electron chi connectivity index (χ4n) is 5.17. The molecule has 2 aromatic heterocycles. The number of aromatic nitrogens is 2. The lowest BCUT2D eigenvalue weighted by Crippen LogP contribution is -2.46. The Hall–Kier alpha value is -2.06. The van der Waals surface area contributed by atoms with Gasteiger partial charge in [0.25, 0.3) is 0 Å². The number of nitrogens with zero attached hydrogens (tertiary/aromatic N) is 2. The summed E-state index contributed by atoms with van der Waals surface area (Å²) in [5.41, 5.74) is 15.5. The zero-order chi connectivity index (χ0) is 19.6. The predicted molar refractivity (Wildman–Crippen MR) is 114 cm³/mol. The van der Waals surface area contributed by atoms with Gasteiger partial charge in [-0.2, -0.15) is 0 Å².